The summed E-state index contributed by atoms with van der Waals surface area (Å²) in [6, 6.07) is 0. The number of hydrogen-bond donors (Lipinski definition) is 1. The molecule has 0 aromatic heterocycles. The average Bonchev–Trinajstić information content (AvgIpc) is 3.30. The summed E-state index contributed by atoms with van der Waals surface area (Å²) in [6.07, 6.45) is 11.4. The maximum atomic E-state index is 9.95. The fraction of sp³-hybridized carbons (Fsp3) is 1.00. The lowest BCUT2D eigenvalue weighted by Crippen LogP contribution is -2.17. The van der Waals surface area contributed by atoms with Gasteiger partial charge in [0.15, 0.2) is 6.29 Å². The van der Waals surface area contributed by atoms with Crippen LogP contribution in [0.15, 0.2) is 0 Å². The zero-order chi connectivity index (χ0) is 46.0. The van der Waals surface area contributed by atoms with Gasteiger partial charge in [-0.05, 0) is 19.8 Å². The zero-order valence-corrected chi connectivity index (χ0v) is 40.4. The maximum Gasteiger partial charge on any atom is 0.154 e. The van der Waals surface area contributed by atoms with E-state index >= 15 is 0 Å². The van der Waals surface area contributed by atoms with Crippen LogP contribution in [0.4, 0.5) is 0 Å². The second-order valence-electron chi connectivity index (χ2n) is 14.3. The summed E-state index contributed by atoms with van der Waals surface area (Å²) in [5.41, 5.74) is 0. The van der Waals surface area contributed by atoms with Gasteiger partial charge in [0.1, 0.15) is 0 Å². The molecule has 0 bridgehead atoms. The van der Waals surface area contributed by atoms with E-state index < -0.39 is 6.29 Å². The lowest BCUT2D eigenvalue weighted by molar-refractivity contribution is -0.118. The molecule has 0 aliphatic rings. The second-order valence-corrected chi connectivity index (χ2v) is 14.3. The highest BCUT2D eigenvalue weighted by Crippen LogP contribution is 2.11. The molecule has 386 valence electrons. The molecule has 0 amide bonds. The first-order valence-electron chi connectivity index (χ1n) is 24.3. The fourth-order valence-corrected chi connectivity index (χ4v) is 5.40. The Bertz CT molecular complexity index is 808. The van der Waals surface area contributed by atoms with E-state index in [0.717, 1.165) is 12.8 Å². The number of ether oxygens (including phenoxy) is 17. The van der Waals surface area contributed by atoms with Gasteiger partial charge in [-0.25, -0.2) is 0 Å². The van der Waals surface area contributed by atoms with E-state index in [-0.39, 0.29) is 0 Å². The van der Waals surface area contributed by atoms with Crippen LogP contribution < -0.4 is 0 Å². The number of rotatable bonds is 60. The Morgan fingerprint density at radius 3 is 0.641 bits per heavy atom. The highest BCUT2D eigenvalue weighted by Gasteiger charge is 2.04. The topological polar surface area (TPSA) is 177 Å². The van der Waals surface area contributed by atoms with Gasteiger partial charge in [0, 0.05) is 6.61 Å². The predicted molar refractivity (Wildman–Crippen MR) is 243 cm³/mol. The Labute approximate surface area is 387 Å². The molecule has 0 fully saturated rings. The van der Waals surface area contributed by atoms with Crippen molar-refractivity contribution >= 4 is 0 Å². The second kappa shape index (κ2) is 60.3. The van der Waals surface area contributed by atoms with E-state index in [2.05, 4.69) is 6.92 Å². The van der Waals surface area contributed by atoms with Crippen LogP contribution in [0, 0.1) is 0 Å². The third-order valence-corrected chi connectivity index (χ3v) is 8.88. The van der Waals surface area contributed by atoms with Crippen LogP contribution in [0.25, 0.3) is 0 Å². The molecule has 0 aromatic carbocycles. The van der Waals surface area contributed by atoms with Crippen molar-refractivity contribution in [3.63, 3.8) is 0 Å². The number of aliphatic hydroxyl groups is 1. The van der Waals surface area contributed by atoms with Crippen molar-refractivity contribution in [1.29, 1.82) is 0 Å². The summed E-state index contributed by atoms with van der Waals surface area (Å²) in [7, 11) is 0. The molecule has 0 rings (SSSR count). The Kier molecular flexibility index (Phi) is 59.6. The van der Waals surface area contributed by atoms with E-state index in [0.29, 0.717) is 224 Å². The van der Waals surface area contributed by atoms with Gasteiger partial charge >= 0.3 is 0 Å². The summed E-state index contributed by atoms with van der Waals surface area (Å²) in [6.45, 7) is 21.1. The van der Waals surface area contributed by atoms with Crippen molar-refractivity contribution in [2.75, 3.05) is 218 Å². The van der Waals surface area contributed by atoms with Crippen LogP contribution in [0.2, 0.25) is 0 Å². The molecule has 18 nitrogen and oxygen atoms in total. The highest BCUT2D eigenvalue weighted by atomic mass is 16.6. The lowest BCUT2D eigenvalue weighted by Gasteiger charge is -2.12. The van der Waals surface area contributed by atoms with E-state index in [1.807, 2.05) is 6.92 Å². The molecule has 0 saturated carbocycles. The highest BCUT2D eigenvalue weighted by molar-refractivity contribution is 4.50. The van der Waals surface area contributed by atoms with Gasteiger partial charge in [0.05, 0.1) is 211 Å². The molecular weight excluding hydrogens is 840 g/mol. The van der Waals surface area contributed by atoms with Gasteiger partial charge in [0.2, 0.25) is 0 Å². The minimum absolute atomic E-state index is 0.382. The first kappa shape index (κ1) is 63.3. The largest absolute Gasteiger partial charge is 0.379 e. The third kappa shape index (κ3) is 59.3. The van der Waals surface area contributed by atoms with E-state index in [9.17, 15) is 5.11 Å². The standard InChI is InChI=1S/C46H94O18/c1-3-5-6-7-8-9-10-11-12-13-46(47)64-45-44-63-43-42-62-41-40-61-39-38-60-37-36-59-35-34-58-33-32-57-31-30-56-29-28-55-27-26-54-25-24-53-23-22-52-21-20-51-19-18-50-17-16-49-15-14-48-4-2/h46-47H,3-45H2,1-2H3. The Hall–Kier alpha value is -0.720. The zero-order valence-electron chi connectivity index (χ0n) is 40.4. The first-order chi connectivity index (χ1) is 31.8. The summed E-state index contributed by atoms with van der Waals surface area (Å²) in [4.78, 5) is 0. The van der Waals surface area contributed by atoms with Crippen LogP contribution in [0.3, 0.4) is 0 Å². The summed E-state index contributed by atoms with van der Waals surface area (Å²) in [5.74, 6) is 0. The molecule has 1 N–H and O–H groups in total. The third-order valence-electron chi connectivity index (χ3n) is 8.88. The molecular formula is C46H94O18. The van der Waals surface area contributed by atoms with Gasteiger partial charge in [-0.15, -0.1) is 0 Å². The van der Waals surface area contributed by atoms with Gasteiger partial charge in [-0.1, -0.05) is 58.3 Å². The van der Waals surface area contributed by atoms with Gasteiger partial charge in [-0.2, -0.15) is 0 Å². The normalized spacial score (nSPS) is 12.2. The van der Waals surface area contributed by atoms with Crippen molar-refractivity contribution < 1.29 is 85.6 Å². The van der Waals surface area contributed by atoms with Crippen molar-refractivity contribution in [3.8, 4) is 0 Å². The molecule has 0 aromatic rings. The number of unbranched alkanes of at least 4 members (excludes halogenated alkanes) is 8. The molecule has 18 heteroatoms. The molecule has 64 heavy (non-hydrogen) atoms. The average molecular weight is 935 g/mol. The minimum Gasteiger partial charge on any atom is -0.379 e. The van der Waals surface area contributed by atoms with Crippen molar-refractivity contribution in [2.24, 2.45) is 0 Å². The quantitative estimate of drug-likeness (QED) is 0.0664. The van der Waals surface area contributed by atoms with Crippen LogP contribution >= 0.6 is 0 Å². The van der Waals surface area contributed by atoms with E-state index in [1.54, 1.807) is 0 Å². The minimum atomic E-state index is -0.703. The van der Waals surface area contributed by atoms with Crippen molar-refractivity contribution in [2.45, 2.75) is 84.3 Å². The molecule has 0 spiro atoms. The van der Waals surface area contributed by atoms with Crippen molar-refractivity contribution in [3.05, 3.63) is 0 Å². The SMILES string of the molecule is CCCCCCCCCCCC(O)OCCOCCOCCOCCOCCOCCOCCOCCOCCOCCOCCOCCOCCOCCOCCOCCOCC. The Balaban J connectivity index is 3.10. The monoisotopic (exact) mass is 935 g/mol. The maximum absolute atomic E-state index is 9.95. The smallest absolute Gasteiger partial charge is 0.154 e. The van der Waals surface area contributed by atoms with Crippen LogP contribution in [-0.4, -0.2) is 229 Å². The fourth-order valence-electron chi connectivity index (χ4n) is 5.40. The van der Waals surface area contributed by atoms with Gasteiger partial charge in [-0.3, -0.25) is 0 Å². The summed E-state index contributed by atoms with van der Waals surface area (Å²) >= 11 is 0. The summed E-state index contributed by atoms with van der Waals surface area (Å²) in [5, 5.41) is 9.95. The molecule has 0 aliphatic carbocycles. The molecule has 0 radical (unpaired) electrons. The first-order valence-corrected chi connectivity index (χ1v) is 24.3. The van der Waals surface area contributed by atoms with Gasteiger partial charge in [0.25, 0.3) is 0 Å². The van der Waals surface area contributed by atoms with Crippen LogP contribution in [-0.2, 0) is 80.5 Å². The van der Waals surface area contributed by atoms with Crippen LogP contribution in [0.1, 0.15) is 78.1 Å². The van der Waals surface area contributed by atoms with E-state index in [4.69, 9.17) is 80.5 Å². The molecule has 1 atom stereocenters. The van der Waals surface area contributed by atoms with Gasteiger partial charge < -0.3 is 85.6 Å². The summed E-state index contributed by atoms with van der Waals surface area (Å²) < 4.78 is 93.0. The molecule has 1 unspecified atom stereocenters. The molecule has 0 heterocycles. The Morgan fingerprint density at radius 1 is 0.234 bits per heavy atom. The van der Waals surface area contributed by atoms with E-state index in [1.165, 1.54) is 44.9 Å². The predicted octanol–water partition coefficient (Wildman–Crippen LogP) is 4.53. The van der Waals surface area contributed by atoms with Crippen LogP contribution in [0.5, 0.6) is 0 Å². The molecule has 0 saturated heterocycles. The number of hydrogen-bond acceptors (Lipinski definition) is 18. The number of aliphatic hydroxyl groups excluding tert-OH is 1. The lowest BCUT2D eigenvalue weighted by atomic mass is 10.1. The molecule has 0 aliphatic heterocycles. The van der Waals surface area contributed by atoms with Crippen molar-refractivity contribution in [1.82, 2.24) is 0 Å². The Morgan fingerprint density at radius 2 is 0.422 bits per heavy atom.